The summed E-state index contributed by atoms with van der Waals surface area (Å²) in [6.45, 7) is 4.70. The molecule has 1 aromatic carbocycles. The van der Waals surface area contributed by atoms with Gasteiger partial charge in [-0.2, -0.15) is 4.31 Å². The Kier molecular flexibility index (Phi) is 6.98. The third-order valence-corrected chi connectivity index (χ3v) is 6.35. The van der Waals surface area contributed by atoms with Gasteiger partial charge in [-0.3, -0.25) is 0 Å². The highest BCUT2D eigenvalue weighted by Crippen LogP contribution is 2.24. The molecule has 126 valence electrons. The second kappa shape index (κ2) is 8.05. The molecule has 0 saturated carbocycles. The SMILES string of the molecule is CCCCN(CCCC)S(=O)(=O)c1ccccc1S(N)(=O)=O. The topological polar surface area (TPSA) is 97.5 Å². The molecule has 0 aliphatic rings. The number of sulfonamides is 2. The highest BCUT2D eigenvalue weighted by atomic mass is 32.2. The Morgan fingerprint density at radius 3 is 1.77 bits per heavy atom. The van der Waals surface area contributed by atoms with E-state index in [1.54, 1.807) is 0 Å². The van der Waals surface area contributed by atoms with E-state index >= 15 is 0 Å². The smallest absolute Gasteiger partial charge is 0.225 e. The third kappa shape index (κ3) is 4.77. The molecule has 0 aliphatic carbocycles. The molecule has 0 fully saturated rings. The number of nitrogens with two attached hydrogens (primary N) is 1. The molecule has 0 atom stereocenters. The fraction of sp³-hybridized carbons (Fsp3) is 0.571. The van der Waals surface area contributed by atoms with E-state index in [9.17, 15) is 16.8 Å². The number of benzene rings is 1. The van der Waals surface area contributed by atoms with Crippen LogP contribution in [0.2, 0.25) is 0 Å². The summed E-state index contributed by atoms with van der Waals surface area (Å²) in [7, 11) is -7.98. The second-order valence-corrected chi connectivity index (χ2v) is 8.54. The molecule has 0 radical (unpaired) electrons. The molecule has 6 nitrogen and oxygen atoms in total. The molecule has 0 saturated heterocycles. The Morgan fingerprint density at radius 2 is 1.36 bits per heavy atom. The largest absolute Gasteiger partial charge is 0.244 e. The molecule has 0 aromatic heterocycles. The zero-order valence-electron chi connectivity index (χ0n) is 13.0. The lowest BCUT2D eigenvalue weighted by atomic mass is 10.3. The van der Waals surface area contributed by atoms with Gasteiger partial charge in [-0.1, -0.05) is 38.8 Å². The highest BCUT2D eigenvalue weighted by Gasteiger charge is 2.29. The summed E-state index contributed by atoms with van der Waals surface area (Å²) in [5.74, 6) is 0. The fourth-order valence-electron chi connectivity index (χ4n) is 2.06. The quantitative estimate of drug-likeness (QED) is 0.737. The predicted molar refractivity (Wildman–Crippen MR) is 86.4 cm³/mol. The monoisotopic (exact) mass is 348 g/mol. The van der Waals surface area contributed by atoms with Crippen LogP contribution in [0.15, 0.2) is 34.1 Å². The van der Waals surface area contributed by atoms with Crippen LogP contribution in [-0.2, 0) is 20.0 Å². The first-order valence-electron chi connectivity index (χ1n) is 7.37. The van der Waals surface area contributed by atoms with Gasteiger partial charge in [0.2, 0.25) is 20.0 Å². The summed E-state index contributed by atoms with van der Waals surface area (Å²) < 4.78 is 50.3. The van der Waals surface area contributed by atoms with Crippen LogP contribution in [0.5, 0.6) is 0 Å². The molecular weight excluding hydrogens is 324 g/mol. The molecule has 1 rings (SSSR count). The molecule has 0 aliphatic heterocycles. The lowest BCUT2D eigenvalue weighted by molar-refractivity contribution is 0.394. The van der Waals surface area contributed by atoms with Crippen LogP contribution < -0.4 is 5.14 Å². The maximum Gasteiger partial charge on any atom is 0.244 e. The summed E-state index contributed by atoms with van der Waals surface area (Å²) in [6, 6.07) is 5.47. The van der Waals surface area contributed by atoms with Crippen molar-refractivity contribution in [2.24, 2.45) is 5.14 Å². The van der Waals surface area contributed by atoms with Crippen molar-refractivity contribution in [2.75, 3.05) is 13.1 Å². The van der Waals surface area contributed by atoms with Crippen molar-refractivity contribution in [1.82, 2.24) is 4.31 Å². The van der Waals surface area contributed by atoms with Crippen LogP contribution in [0, 0.1) is 0 Å². The minimum atomic E-state index is -4.10. The molecule has 2 N–H and O–H groups in total. The van der Waals surface area contributed by atoms with Gasteiger partial charge < -0.3 is 0 Å². The first kappa shape index (κ1) is 19.1. The van der Waals surface area contributed by atoms with Crippen molar-refractivity contribution < 1.29 is 16.8 Å². The molecular formula is C14H24N2O4S2. The van der Waals surface area contributed by atoms with Gasteiger partial charge in [-0.25, -0.2) is 22.0 Å². The van der Waals surface area contributed by atoms with Crippen LogP contribution in [0.4, 0.5) is 0 Å². The molecule has 1 aromatic rings. The lowest BCUT2D eigenvalue weighted by Gasteiger charge is -2.23. The van der Waals surface area contributed by atoms with Gasteiger partial charge in [0.15, 0.2) is 0 Å². The van der Waals surface area contributed by atoms with Gasteiger partial charge in [-0.15, -0.1) is 0 Å². The van der Waals surface area contributed by atoms with Crippen LogP contribution in [0.1, 0.15) is 39.5 Å². The van der Waals surface area contributed by atoms with Crippen LogP contribution in [0.25, 0.3) is 0 Å². The Balaban J connectivity index is 3.31. The Morgan fingerprint density at radius 1 is 0.909 bits per heavy atom. The molecule has 0 amide bonds. The number of unbranched alkanes of at least 4 members (excludes halogenated alkanes) is 2. The molecule has 22 heavy (non-hydrogen) atoms. The number of nitrogens with zero attached hydrogens (tertiary/aromatic N) is 1. The highest BCUT2D eigenvalue weighted by molar-refractivity contribution is 7.92. The molecule has 0 spiro atoms. The maximum atomic E-state index is 12.8. The standard InChI is InChI=1S/C14H24N2O4S2/c1-3-5-11-16(12-6-4-2)22(19,20)14-10-8-7-9-13(14)21(15,17)18/h7-10H,3-6,11-12H2,1-2H3,(H2,15,17,18). The maximum absolute atomic E-state index is 12.8. The number of rotatable bonds is 9. The van der Waals surface area contributed by atoms with E-state index < -0.39 is 20.0 Å². The van der Waals surface area contributed by atoms with Gasteiger partial charge in [0.05, 0.1) is 0 Å². The third-order valence-electron chi connectivity index (χ3n) is 3.30. The number of hydrogen-bond acceptors (Lipinski definition) is 4. The predicted octanol–water partition coefficient (Wildman–Crippen LogP) is 1.92. The van der Waals surface area contributed by atoms with Crippen molar-refractivity contribution in [2.45, 2.75) is 49.3 Å². The summed E-state index contributed by atoms with van der Waals surface area (Å²) in [4.78, 5) is -0.599. The summed E-state index contributed by atoms with van der Waals surface area (Å²) in [5, 5.41) is 5.14. The summed E-state index contributed by atoms with van der Waals surface area (Å²) >= 11 is 0. The van der Waals surface area contributed by atoms with E-state index in [1.165, 1.54) is 28.6 Å². The molecule has 0 heterocycles. The van der Waals surface area contributed by atoms with Crippen molar-refractivity contribution in [3.8, 4) is 0 Å². The molecule has 8 heteroatoms. The van der Waals surface area contributed by atoms with Crippen molar-refractivity contribution in [1.29, 1.82) is 0 Å². The van der Waals surface area contributed by atoms with Crippen molar-refractivity contribution in [3.05, 3.63) is 24.3 Å². The minimum absolute atomic E-state index is 0.246. The van der Waals surface area contributed by atoms with E-state index in [1.807, 2.05) is 13.8 Å². The lowest BCUT2D eigenvalue weighted by Crippen LogP contribution is -2.34. The minimum Gasteiger partial charge on any atom is -0.225 e. The second-order valence-electron chi connectivity index (χ2n) is 5.10. The van der Waals surface area contributed by atoms with Crippen LogP contribution in [0.3, 0.4) is 0 Å². The molecule has 0 bridgehead atoms. The zero-order chi connectivity index (χ0) is 16.8. The summed E-state index contributed by atoms with van der Waals surface area (Å²) in [6.07, 6.45) is 3.16. The first-order chi connectivity index (χ1) is 10.2. The Labute approximate surface area is 133 Å². The van der Waals surface area contributed by atoms with E-state index in [0.29, 0.717) is 13.1 Å². The van der Waals surface area contributed by atoms with E-state index in [0.717, 1.165) is 25.7 Å². The van der Waals surface area contributed by atoms with Gasteiger partial charge in [-0.05, 0) is 25.0 Å². The van der Waals surface area contributed by atoms with Gasteiger partial charge in [0.1, 0.15) is 9.79 Å². The number of primary sulfonamides is 1. The molecule has 0 unspecified atom stereocenters. The van der Waals surface area contributed by atoms with Crippen molar-refractivity contribution in [3.63, 3.8) is 0 Å². The average molecular weight is 348 g/mol. The first-order valence-corrected chi connectivity index (χ1v) is 10.4. The van der Waals surface area contributed by atoms with Crippen molar-refractivity contribution >= 4 is 20.0 Å². The van der Waals surface area contributed by atoms with E-state index in [4.69, 9.17) is 5.14 Å². The van der Waals surface area contributed by atoms with E-state index in [2.05, 4.69) is 0 Å². The van der Waals surface area contributed by atoms with E-state index in [-0.39, 0.29) is 9.79 Å². The van der Waals surface area contributed by atoms with Gasteiger partial charge in [0, 0.05) is 13.1 Å². The Hall–Kier alpha value is -0.960. The van der Waals surface area contributed by atoms with Crippen LogP contribution >= 0.6 is 0 Å². The zero-order valence-corrected chi connectivity index (χ0v) is 14.7. The van der Waals surface area contributed by atoms with Crippen LogP contribution in [-0.4, -0.2) is 34.2 Å². The van der Waals surface area contributed by atoms with Gasteiger partial charge in [0.25, 0.3) is 0 Å². The normalized spacial score (nSPS) is 12.7. The number of hydrogen-bond donors (Lipinski definition) is 1. The van der Waals surface area contributed by atoms with Gasteiger partial charge >= 0.3 is 0 Å². The Bertz CT molecular complexity index is 677. The fourth-order valence-corrected chi connectivity index (χ4v) is 4.93. The average Bonchev–Trinajstić information content (AvgIpc) is 2.46. The summed E-state index contributed by atoms with van der Waals surface area (Å²) in [5.41, 5.74) is 0.